The Kier molecular flexibility index (Phi) is 5.89. The van der Waals surface area contributed by atoms with Crippen LogP contribution in [0.15, 0.2) is 54.1 Å². The summed E-state index contributed by atoms with van der Waals surface area (Å²) in [7, 11) is 0. The highest BCUT2D eigenvalue weighted by atomic mass is 16.5. The molecular formula is C33H38O5. The molecule has 3 N–H and O–H groups in total. The van der Waals surface area contributed by atoms with E-state index in [2.05, 4.69) is 57.2 Å². The van der Waals surface area contributed by atoms with E-state index in [0.29, 0.717) is 17.8 Å². The fourth-order valence-corrected chi connectivity index (χ4v) is 8.50. The Morgan fingerprint density at radius 1 is 0.921 bits per heavy atom. The van der Waals surface area contributed by atoms with Gasteiger partial charge in [0.2, 0.25) is 0 Å². The second-order valence-electron chi connectivity index (χ2n) is 12.6. The maximum absolute atomic E-state index is 12.8. The summed E-state index contributed by atoms with van der Waals surface area (Å²) in [6.45, 7) is 7.12. The van der Waals surface area contributed by atoms with E-state index < -0.39 is 23.2 Å². The fraction of sp³-hybridized carbons (Fsp3) is 0.485. The van der Waals surface area contributed by atoms with Crippen LogP contribution in [0.5, 0.6) is 17.2 Å². The first kappa shape index (κ1) is 25.1. The minimum atomic E-state index is -0.635. The summed E-state index contributed by atoms with van der Waals surface area (Å²) in [5.41, 5.74) is 6.08. The fourth-order valence-electron chi connectivity index (χ4n) is 8.50. The van der Waals surface area contributed by atoms with Crippen LogP contribution in [0.1, 0.15) is 80.3 Å². The maximum atomic E-state index is 12.8. The zero-order valence-electron chi connectivity index (χ0n) is 22.5. The Morgan fingerprint density at radius 3 is 2.39 bits per heavy atom. The highest BCUT2D eigenvalue weighted by Gasteiger charge is 2.57. The lowest BCUT2D eigenvalue weighted by atomic mass is 9.47. The van der Waals surface area contributed by atoms with Crippen LogP contribution in [-0.2, 0) is 4.74 Å². The van der Waals surface area contributed by atoms with Gasteiger partial charge in [0.25, 0.3) is 0 Å². The topological polar surface area (TPSA) is 87.0 Å². The van der Waals surface area contributed by atoms with Crippen molar-refractivity contribution in [3.63, 3.8) is 0 Å². The number of fused-ring (bicyclic) bond motifs is 5. The first-order valence-corrected chi connectivity index (χ1v) is 14.0. The molecule has 2 aromatic rings. The molecule has 0 spiro atoms. The number of esters is 1. The predicted octanol–water partition coefficient (Wildman–Crippen LogP) is 7.29. The first-order chi connectivity index (χ1) is 18.1. The Labute approximate surface area is 224 Å². The van der Waals surface area contributed by atoms with E-state index in [1.807, 2.05) is 0 Å². The number of ether oxygens (including phenoxy) is 1. The maximum Gasteiger partial charge on any atom is 0.338 e. The third kappa shape index (κ3) is 3.85. The molecule has 0 amide bonds. The van der Waals surface area contributed by atoms with Crippen LogP contribution in [0, 0.1) is 35.5 Å². The molecule has 5 heteroatoms. The zero-order valence-corrected chi connectivity index (χ0v) is 22.5. The van der Waals surface area contributed by atoms with Crippen LogP contribution in [0.4, 0.5) is 0 Å². The van der Waals surface area contributed by atoms with Crippen LogP contribution in [-0.4, -0.2) is 27.4 Å². The molecule has 0 heterocycles. The lowest BCUT2D eigenvalue weighted by Crippen LogP contribution is -2.50. The molecule has 200 valence electrons. The van der Waals surface area contributed by atoms with E-state index >= 15 is 0 Å². The number of benzene rings is 2. The molecule has 5 nitrogen and oxygen atoms in total. The molecule has 4 aliphatic rings. The minimum absolute atomic E-state index is 0.0357. The van der Waals surface area contributed by atoms with E-state index in [-0.39, 0.29) is 22.5 Å². The number of aromatic hydroxyl groups is 3. The Hall–Kier alpha value is -3.21. The van der Waals surface area contributed by atoms with Crippen LogP contribution in [0.3, 0.4) is 0 Å². The summed E-state index contributed by atoms with van der Waals surface area (Å²) < 4.78 is 5.82. The van der Waals surface area contributed by atoms with Crippen molar-refractivity contribution in [1.82, 2.24) is 0 Å². The summed E-state index contributed by atoms with van der Waals surface area (Å²) in [6, 6.07) is 11.2. The molecule has 38 heavy (non-hydrogen) atoms. The quantitative estimate of drug-likeness (QED) is 0.227. The molecule has 2 saturated carbocycles. The molecule has 4 aliphatic carbocycles. The smallest absolute Gasteiger partial charge is 0.338 e. The number of carbonyl (C=O) groups excluding carboxylic acids is 1. The molecule has 0 aliphatic heterocycles. The minimum Gasteiger partial charge on any atom is -0.504 e. The van der Waals surface area contributed by atoms with Gasteiger partial charge in [-0.05, 0) is 97.3 Å². The van der Waals surface area contributed by atoms with Crippen molar-refractivity contribution < 1.29 is 24.9 Å². The van der Waals surface area contributed by atoms with Gasteiger partial charge in [0.05, 0.1) is 5.56 Å². The van der Waals surface area contributed by atoms with Crippen LogP contribution >= 0.6 is 0 Å². The van der Waals surface area contributed by atoms with Crippen molar-refractivity contribution in [2.24, 2.45) is 28.6 Å². The number of aryl methyl sites for hydroxylation is 1. The third-order valence-corrected chi connectivity index (χ3v) is 10.5. The van der Waals surface area contributed by atoms with Crippen LogP contribution in [0.2, 0.25) is 0 Å². The highest BCUT2D eigenvalue weighted by molar-refractivity contribution is 5.91. The van der Waals surface area contributed by atoms with Gasteiger partial charge < -0.3 is 20.1 Å². The lowest BCUT2D eigenvalue weighted by Gasteiger charge is -2.58. The molecule has 0 radical (unpaired) electrons. The average molecular weight is 515 g/mol. The van der Waals surface area contributed by atoms with Gasteiger partial charge in [0.15, 0.2) is 17.2 Å². The second kappa shape index (κ2) is 8.93. The van der Waals surface area contributed by atoms with Crippen molar-refractivity contribution in [1.29, 1.82) is 0 Å². The summed E-state index contributed by atoms with van der Waals surface area (Å²) >= 11 is 0. The van der Waals surface area contributed by atoms with Gasteiger partial charge >= 0.3 is 5.97 Å². The van der Waals surface area contributed by atoms with Crippen molar-refractivity contribution in [2.75, 3.05) is 0 Å². The summed E-state index contributed by atoms with van der Waals surface area (Å²) in [4.78, 5) is 12.8. The Balaban J connectivity index is 1.19. The van der Waals surface area contributed by atoms with E-state index in [4.69, 9.17) is 4.74 Å². The van der Waals surface area contributed by atoms with Gasteiger partial charge in [-0.25, -0.2) is 4.79 Å². The normalized spacial score (nSPS) is 33.9. The Bertz CT molecular complexity index is 1330. The van der Waals surface area contributed by atoms with Gasteiger partial charge in [-0.1, -0.05) is 61.4 Å². The standard InChI is InChI=1S/C33H38O5/c1-19-5-4-6-20(15-19)25-9-10-26-24-8-7-22-18-23(11-13-32(22,2)27(24)12-14-33(25,26)3)38-31(37)21-16-28(34)30(36)29(35)17-21/h4-7,9,15-17,23-24,26-27,34-36H,8,10-14,18H2,1-3H3. The lowest BCUT2D eigenvalue weighted by molar-refractivity contribution is -0.0307. The SMILES string of the molecule is Cc1cccc(C2=CCC3C4CC=C5CC(OC(=O)c6cc(O)c(O)c(O)c6)CCC5(C)C4CCC23C)c1. The van der Waals surface area contributed by atoms with Gasteiger partial charge in [-0.15, -0.1) is 0 Å². The monoisotopic (exact) mass is 514 g/mol. The highest BCUT2D eigenvalue weighted by Crippen LogP contribution is 2.66. The van der Waals surface area contributed by atoms with E-state index in [0.717, 1.165) is 44.2 Å². The van der Waals surface area contributed by atoms with Gasteiger partial charge in [0.1, 0.15) is 6.10 Å². The number of hydrogen-bond acceptors (Lipinski definition) is 5. The molecule has 6 rings (SSSR count). The van der Waals surface area contributed by atoms with Gasteiger partial charge in [-0.3, -0.25) is 0 Å². The van der Waals surface area contributed by atoms with Crippen molar-refractivity contribution >= 4 is 11.5 Å². The zero-order chi connectivity index (χ0) is 26.8. The molecule has 6 atom stereocenters. The number of rotatable bonds is 3. The van der Waals surface area contributed by atoms with Crippen molar-refractivity contribution in [2.45, 2.75) is 71.8 Å². The van der Waals surface area contributed by atoms with E-state index in [1.54, 1.807) is 5.57 Å². The van der Waals surface area contributed by atoms with Crippen LogP contribution < -0.4 is 0 Å². The molecule has 6 unspecified atom stereocenters. The molecule has 2 aromatic carbocycles. The van der Waals surface area contributed by atoms with Gasteiger partial charge in [0, 0.05) is 6.42 Å². The molecule has 0 bridgehead atoms. The van der Waals surface area contributed by atoms with E-state index in [9.17, 15) is 20.1 Å². The number of phenols is 3. The molecule has 0 aromatic heterocycles. The second-order valence-corrected chi connectivity index (χ2v) is 12.6. The summed E-state index contributed by atoms with van der Waals surface area (Å²) in [5.74, 6) is -0.319. The number of phenolic OH excluding ortho intramolecular Hbond substituents is 3. The molecular weight excluding hydrogens is 476 g/mol. The number of allylic oxidation sites excluding steroid dienone is 3. The van der Waals surface area contributed by atoms with Crippen molar-refractivity contribution in [3.05, 3.63) is 70.8 Å². The Morgan fingerprint density at radius 2 is 1.66 bits per heavy atom. The summed E-state index contributed by atoms with van der Waals surface area (Å²) in [5, 5.41) is 29.1. The number of carbonyl (C=O) groups is 1. The number of hydrogen-bond donors (Lipinski definition) is 3. The molecule has 0 saturated heterocycles. The van der Waals surface area contributed by atoms with Crippen LogP contribution in [0.25, 0.3) is 5.57 Å². The predicted molar refractivity (Wildman–Crippen MR) is 147 cm³/mol. The molecule has 2 fully saturated rings. The third-order valence-electron chi connectivity index (χ3n) is 10.5. The van der Waals surface area contributed by atoms with E-state index in [1.165, 1.54) is 29.5 Å². The van der Waals surface area contributed by atoms with Gasteiger partial charge in [-0.2, -0.15) is 0 Å². The first-order valence-electron chi connectivity index (χ1n) is 14.0. The largest absolute Gasteiger partial charge is 0.504 e. The average Bonchev–Trinajstić information content (AvgIpc) is 3.24. The summed E-state index contributed by atoms with van der Waals surface area (Å²) in [6.07, 6.45) is 12.0. The van der Waals surface area contributed by atoms with Crippen molar-refractivity contribution in [3.8, 4) is 17.2 Å².